The van der Waals surface area contributed by atoms with E-state index >= 15 is 0 Å². The fourth-order valence-corrected chi connectivity index (χ4v) is 12.0. The number of primary amides is 2. The molecule has 6 aromatic rings. The molecule has 2 heterocycles. The Morgan fingerprint density at radius 2 is 1.35 bits per heavy atom. The summed E-state index contributed by atoms with van der Waals surface area (Å²) >= 11 is 6.10. The molecule has 0 unspecified atom stereocenters. The number of carbonyl (C=O) groups is 9. The molecule has 0 aliphatic carbocycles. The molecule has 1 saturated heterocycles. The highest BCUT2D eigenvalue weighted by Crippen LogP contribution is 2.26. The van der Waals surface area contributed by atoms with Gasteiger partial charge in [0.1, 0.15) is 48.1 Å². The number of nitrogens with one attached hydrogen (secondary N) is 9. The van der Waals surface area contributed by atoms with Gasteiger partial charge in [-0.15, -0.1) is 0 Å². The van der Waals surface area contributed by atoms with Gasteiger partial charge in [-0.1, -0.05) is 99.9 Å². The molecule has 27 heteroatoms. The third kappa shape index (κ3) is 18.9. The number of amides is 10. The van der Waals surface area contributed by atoms with Crippen molar-refractivity contribution in [2.24, 2.45) is 22.9 Å². The van der Waals surface area contributed by atoms with Gasteiger partial charge in [0.15, 0.2) is 0 Å². The maximum absolute atomic E-state index is 15.0. The maximum atomic E-state index is 15.0. The van der Waals surface area contributed by atoms with Gasteiger partial charge in [-0.2, -0.15) is 0 Å². The van der Waals surface area contributed by atoms with E-state index in [-0.39, 0.29) is 56.6 Å². The molecule has 0 bridgehead atoms. The topological polar surface area (TPSA) is 390 Å². The van der Waals surface area contributed by atoms with Gasteiger partial charge in [-0.25, -0.2) is 9.18 Å². The number of aliphatic hydroxyl groups excluding tert-OH is 1. The highest BCUT2D eigenvalue weighted by molar-refractivity contribution is 8.76. The van der Waals surface area contributed by atoms with Crippen molar-refractivity contribution in [2.45, 2.75) is 106 Å². The van der Waals surface area contributed by atoms with E-state index in [2.05, 4.69) is 47.5 Å². The van der Waals surface area contributed by atoms with Crippen LogP contribution in [0.1, 0.15) is 48.4 Å². The predicted octanol–water partition coefficient (Wildman–Crippen LogP) is 1.99. The summed E-state index contributed by atoms with van der Waals surface area (Å²) < 4.78 is 14.8. The Labute approximate surface area is 507 Å². The molecule has 10 amide bonds. The first kappa shape index (κ1) is 65.3. The number of nitrogens with two attached hydrogens (primary N) is 4. The first-order valence-electron chi connectivity index (χ1n) is 27.6. The molecule has 456 valence electrons. The van der Waals surface area contributed by atoms with Crippen LogP contribution in [0.15, 0.2) is 115 Å². The van der Waals surface area contributed by atoms with Crippen molar-refractivity contribution in [1.29, 1.82) is 0 Å². The van der Waals surface area contributed by atoms with E-state index in [1.807, 2.05) is 36.4 Å². The maximum Gasteiger partial charge on any atom is 0.316 e. The Morgan fingerprint density at radius 3 is 2.03 bits per heavy atom. The highest BCUT2D eigenvalue weighted by Gasteiger charge is 2.37. The number of carbonyl (C=O) groups excluding carboxylic acids is 9. The summed E-state index contributed by atoms with van der Waals surface area (Å²) in [5, 5.41) is 34.8. The minimum absolute atomic E-state index is 0.0167. The normalized spacial score (nSPS) is 20.4. The van der Waals surface area contributed by atoms with Crippen LogP contribution in [0, 0.1) is 5.82 Å². The van der Waals surface area contributed by atoms with Crippen molar-refractivity contribution in [3.8, 4) is 0 Å². The number of H-pyrrole nitrogens is 1. The molecule has 9 atom stereocenters. The Balaban J connectivity index is 1.27. The number of anilines is 1. The van der Waals surface area contributed by atoms with Crippen LogP contribution in [0.25, 0.3) is 21.7 Å². The molecule has 0 spiro atoms. The zero-order valence-corrected chi connectivity index (χ0v) is 49.1. The lowest BCUT2D eigenvalue weighted by Crippen LogP contribution is -2.62. The Morgan fingerprint density at radius 1 is 0.709 bits per heavy atom. The Kier molecular flexibility index (Phi) is 23.7. The summed E-state index contributed by atoms with van der Waals surface area (Å²) in [5.41, 5.74) is 26.4. The van der Waals surface area contributed by atoms with Gasteiger partial charge in [-0.05, 0) is 115 Å². The molecule has 0 saturated carbocycles. The third-order valence-electron chi connectivity index (χ3n) is 14.2. The third-order valence-corrected chi connectivity index (χ3v) is 16.8. The van der Waals surface area contributed by atoms with Gasteiger partial charge in [0.25, 0.3) is 0 Å². The summed E-state index contributed by atoms with van der Waals surface area (Å²) in [6.45, 7) is 1.42. The molecular weight excluding hydrogens is 1170 g/mol. The van der Waals surface area contributed by atoms with Gasteiger partial charge in [0, 0.05) is 58.6 Å². The molecule has 1 aliphatic heterocycles. The number of aromatic amines is 1. The minimum atomic E-state index is -1.77. The number of unbranched alkanes of at least 4 members (excludes halogenated alkanes) is 1. The zero-order chi connectivity index (χ0) is 62.0. The monoisotopic (exact) mass is 1240 g/mol. The summed E-state index contributed by atoms with van der Waals surface area (Å²) in [7, 11) is 1.93. The van der Waals surface area contributed by atoms with E-state index in [1.165, 1.54) is 43.5 Å². The molecule has 7 rings (SSSR count). The second-order valence-electron chi connectivity index (χ2n) is 20.8. The van der Waals surface area contributed by atoms with Crippen molar-refractivity contribution in [3.63, 3.8) is 0 Å². The molecule has 23 nitrogen and oxygen atoms in total. The lowest BCUT2D eigenvalue weighted by Gasteiger charge is -2.29. The summed E-state index contributed by atoms with van der Waals surface area (Å²) in [6, 6.07) is 16.9. The van der Waals surface area contributed by atoms with Crippen molar-refractivity contribution >= 4 is 114 Å². The molecule has 1 aromatic heterocycles. The van der Waals surface area contributed by atoms with Gasteiger partial charge in [0.2, 0.25) is 47.3 Å². The lowest BCUT2D eigenvalue weighted by atomic mass is 10.0. The van der Waals surface area contributed by atoms with Gasteiger partial charge in [0.05, 0.1) is 12.1 Å². The number of hydrogen-bond donors (Lipinski definition) is 14. The summed E-state index contributed by atoms with van der Waals surface area (Å²) in [5.74, 6) is -8.49. The van der Waals surface area contributed by atoms with Crippen LogP contribution in [0.5, 0.6) is 0 Å². The SMILES string of the molecule is C[C@@H](O)[C@@H]1NC(=O)[C@H](CCCCN)NC(=O)[C@H](Cc2c[nH]c3ccc(F)cc23)NC(=O)[C@H](Cc2ccc(NC(N)=O)cc2)NC(=O)[C@H](NC(=O)[C@@H](N)Cc2ccc(Cl)cc2)CSSC[C@@H](C(=O)N[C@@H](Cc2ccc3ccccc3c2)C(N)=O)NC1=O. The zero-order valence-electron chi connectivity index (χ0n) is 46.7. The average molecular weight is 1240 g/mol. The Hall–Kier alpha value is -8.27. The van der Waals surface area contributed by atoms with Crippen LogP contribution in [-0.2, 0) is 64.0 Å². The van der Waals surface area contributed by atoms with E-state index in [1.54, 1.807) is 42.5 Å². The van der Waals surface area contributed by atoms with Crippen molar-refractivity contribution in [3.05, 3.63) is 148 Å². The van der Waals surface area contributed by atoms with Crippen molar-refractivity contribution in [2.75, 3.05) is 23.4 Å². The van der Waals surface area contributed by atoms with E-state index < -0.39 is 114 Å². The van der Waals surface area contributed by atoms with E-state index in [0.717, 1.165) is 32.4 Å². The van der Waals surface area contributed by atoms with Crippen LogP contribution in [0.2, 0.25) is 5.02 Å². The standard InChI is InChI=1S/C59H69ClFN13O10S2/c1-31(75)50-58(83)73-49(56(81)69-45(51(64)76)25-34-9-14-35-6-2-3-7-36(35)22-34)30-86-85-29-48(72-52(77)42(63)23-32-10-15-38(60)16-11-32)57(82)70-46(24-33-12-18-40(19-13-33)67-59(65)84)54(79)71-47(26-37-28-66-43-20-17-39(61)27-41(37)43)55(80)68-44(53(78)74-50)8-4-5-21-62/h2-3,6-7,9-20,22,27-28,31,42,44-50,66,75H,4-5,8,21,23-26,29-30,62-63H2,1H3,(H2,64,76)(H,68,80)(H,69,81)(H,70,82)(H,71,79)(H,72,77)(H,73,83)(H,74,78)(H3,65,67,84)/t31-,42+,44+,45+,46+,47+,48-,49+,50+/m1/s1. The summed E-state index contributed by atoms with van der Waals surface area (Å²) in [4.78, 5) is 130. The van der Waals surface area contributed by atoms with Crippen LogP contribution in [0.3, 0.4) is 0 Å². The van der Waals surface area contributed by atoms with Gasteiger partial charge < -0.3 is 75.6 Å². The molecular formula is C59H69ClFN13O10S2. The van der Waals surface area contributed by atoms with Gasteiger partial charge >= 0.3 is 6.03 Å². The summed E-state index contributed by atoms with van der Waals surface area (Å²) in [6.07, 6.45) is -0.118. The van der Waals surface area contributed by atoms with E-state index in [9.17, 15) is 52.6 Å². The van der Waals surface area contributed by atoms with Crippen LogP contribution < -0.4 is 65.5 Å². The fourth-order valence-electron chi connectivity index (χ4n) is 9.50. The first-order valence-corrected chi connectivity index (χ1v) is 30.4. The van der Waals surface area contributed by atoms with Crippen LogP contribution >= 0.6 is 33.2 Å². The number of aliphatic hydroxyl groups is 1. The number of fused-ring (bicyclic) bond motifs is 2. The first-order chi connectivity index (χ1) is 41.1. The number of rotatable bonds is 19. The van der Waals surface area contributed by atoms with E-state index in [0.29, 0.717) is 50.3 Å². The molecule has 86 heavy (non-hydrogen) atoms. The molecule has 1 fully saturated rings. The van der Waals surface area contributed by atoms with Crippen LogP contribution in [0.4, 0.5) is 14.9 Å². The predicted molar refractivity (Wildman–Crippen MR) is 328 cm³/mol. The van der Waals surface area contributed by atoms with Crippen molar-refractivity contribution < 1.29 is 52.6 Å². The smallest absolute Gasteiger partial charge is 0.316 e. The molecule has 0 radical (unpaired) electrons. The number of urea groups is 1. The van der Waals surface area contributed by atoms with Crippen molar-refractivity contribution in [1.82, 2.24) is 42.2 Å². The fraction of sp³-hybridized carbons (Fsp3) is 0.339. The average Bonchev–Trinajstić information content (AvgIpc) is 2.28. The molecule has 18 N–H and O–H groups in total. The van der Waals surface area contributed by atoms with Gasteiger partial charge in [-0.3, -0.25) is 38.4 Å². The Bertz CT molecular complexity index is 3420. The largest absolute Gasteiger partial charge is 0.391 e. The number of halogens is 2. The second-order valence-corrected chi connectivity index (χ2v) is 23.8. The molecule has 1 aliphatic rings. The quantitative estimate of drug-likeness (QED) is 0.0408. The van der Waals surface area contributed by atoms with E-state index in [4.69, 9.17) is 34.5 Å². The number of aromatic nitrogens is 1. The lowest BCUT2D eigenvalue weighted by molar-refractivity contribution is -0.136. The highest BCUT2D eigenvalue weighted by atomic mass is 35.5. The van der Waals surface area contributed by atoms with Crippen LogP contribution in [-0.4, -0.2) is 136 Å². The molecule has 5 aromatic carbocycles. The second kappa shape index (κ2) is 31.2. The number of benzene rings is 5. The number of hydrogen-bond acceptors (Lipinski definition) is 14. The minimum Gasteiger partial charge on any atom is -0.391 e.